The maximum absolute atomic E-state index is 10.7. The Morgan fingerprint density at radius 1 is 1.62 bits per heavy atom. The van der Waals surface area contributed by atoms with Gasteiger partial charge in [0.2, 0.25) is 12.1 Å². The Kier molecular flexibility index (Phi) is 3.04. The molecule has 2 rings (SSSR count). The lowest BCUT2D eigenvalue weighted by Crippen LogP contribution is -2.24. The van der Waals surface area contributed by atoms with E-state index >= 15 is 0 Å². The molecule has 1 aromatic heterocycles. The zero-order chi connectivity index (χ0) is 11.5. The summed E-state index contributed by atoms with van der Waals surface area (Å²) in [5, 5.41) is 17.0. The summed E-state index contributed by atoms with van der Waals surface area (Å²) in [6.45, 7) is 1.48. The molecule has 0 saturated heterocycles. The third-order valence-electron chi connectivity index (χ3n) is 2.52. The van der Waals surface area contributed by atoms with Crippen LogP contribution in [-0.2, 0) is 7.05 Å². The summed E-state index contributed by atoms with van der Waals surface area (Å²) >= 11 is 0. The maximum atomic E-state index is 10.7. The molecule has 0 aliphatic heterocycles. The van der Waals surface area contributed by atoms with Gasteiger partial charge in [-0.3, -0.25) is 4.57 Å². The molecule has 0 atom stereocenters. The number of aryl methyl sites for hydroxylation is 1. The van der Waals surface area contributed by atoms with Crippen molar-refractivity contribution in [2.45, 2.75) is 18.9 Å². The highest BCUT2D eigenvalue weighted by Crippen LogP contribution is 2.21. The molecule has 1 aromatic rings. The van der Waals surface area contributed by atoms with Gasteiger partial charge in [0.15, 0.2) is 0 Å². The van der Waals surface area contributed by atoms with Gasteiger partial charge in [0.25, 0.3) is 0 Å². The monoisotopic (exact) mass is 225 g/mol. The van der Waals surface area contributed by atoms with Gasteiger partial charge in [-0.05, 0) is 22.7 Å². The van der Waals surface area contributed by atoms with Crippen molar-refractivity contribution in [3.05, 3.63) is 16.4 Å². The van der Waals surface area contributed by atoms with Gasteiger partial charge < -0.3 is 20.7 Å². The predicted molar refractivity (Wildman–Crippen MR) is 59.4 cm³/mol. The first-order valence-corrected chi connectivity index (χ1v) is 5.31. The molecular formula is C9H15N5O2. The van der Waals surface area contributed by atoms with Gasteiger partial charge in [0.05, 0.1) is 0 Å². The Morgan fingerprint density at radius 2 is 2.38 bits per heavy atom. The molecule has 16 heavy (non-hydrogen) atoms. The van der Waals surface area contributed by atoms with Crippen molar-refractivity contribution in [1.29, 1.82) is 0 Å². The number of hydrogen-bond donors (Lipinski definition) is 2. The van der Waals surface area contributed by atoms with Crippen LogP contribution >= 0.6 is 0 Å². The highest BCUT2D eigenvalue weighted by molar-refractivity contribution is 5.51. The van der Waals surface area contributed by atoms with Gasteiger partial charge in [-0.15, -0.1) is 0 Å². The van der Waals surface area contributed by atoms with Crippen LogP contribution in [0.2, 0.25) is 0 Å². The Balaban J connectivity index is 1.86. The molecule has 0 bridgehead atoms. The SMILES string of the molecule is Cn1cnc([N+](=O)[O-])c1NCCNC1CC1. The largest absolute Gasteiger partial charge is 0.406 e. The third kappa shape index (κ3) is 2.48. The number of aromatic nitrogens is 2. The lowest BCUT2D eigenvalue weighted by molar-refractivity contribution is -0.388. The normalized spacial score (nSPS) is 15.1. The van der Waals surface area contributed by atoms with Crippen molar-refractivity contribution in [3.8, 4) is 0 Å². The Hall–Kier alpha value is -1.63. The average molecular weight is 225 g/mol. The second-order valence-corrected chi connectivity index (χ2v) is 3.94. The van der Waals surface area contributed by atoms with E-state index in [1.165, 1.54) is 19.2 Å². The molecule has 88 valence electrons. The van der Waals surface area contributed by atoms with E-state index < -0.39 is 4.92 Å². The van der Waals surface area contributed by atoms with Crippen LogP contribution in [-0.4, -0.2) is 33.6 Å². The first kappa shape index (κ1) is 10.9. The van der Waals surface area contributed by atoms with Gasteiger partial charge >= 0.3 is 5.82 Å². The molecule has 1 fully saturated rings. The summed E-state index contributed by atoms with van der Waals surface area (Å²) < 4.78 is 1.62. The maximum Gasteiger partial charge on any atom is 0.406 e. The number of hydrogen-bond acceptors (Lipinski definition) is 5. The fraction of sp³-hybridized carbons (Fsp3) is 0.667. The van der Waals surface area contributed by atoms with Crippen molar-refractivity contribution in [1.82, 2.24) is 14.9 Å². The van der Waals surface area contributed by atoms with Gasteiger partial charge in [-0.25, -0.2) is 0 Å². The fourth-order valence-corrected chi connectivity index (χ4v) is 1.50. The van der Waals surface area contributed by atoms with Crippen LogP contribution in [0.25, 0.3) is 0 Å². The molecule has 0 amide bonds. The topological polar surface area (TPSA) is 85.0 Å². The number of anilines is 1. The Labute approximate surface area is 93.0 Å². The van der Waals surface area contributed by atoms with E-state index in [9.17, 15) is 10.1 Å². The van der Waals surface area contributed by atoms with Crippen LogP contribution in [0, 0.1) is 10.1 Å². The van der Waals surface area contributed by atoms with Crippen molar-refractivity contribution < 1.29 is 4.92 Å². The van der Waals surface area contributed by atoms with Gasteiger partial charge in [0, 0.05) is 26.2 Å². The van der Waals surface area contributed by atoms with E-state index in [0.29, 0.717) is 18.4 Å². The number of nitro groups is 1. The minimum atomic E-state index is -0.476. The smallest absolute Gasteiger partial charge is 0.363 e. The van der Waals surface area contributed by atoms with Crippen LogP contribution in [0.15, 0.2) is 6.33 Å². The van der Waals surface area contributed by atoms with Gasteiger partial charge in [-0.1, -0.05) is 0 Å². The van der Waals surface area contributed by atoms with Crippen LogP contribution in [0.5, 0.6) is 0 Å². The molecule has 7 nitrogen and oxygen atoms in total. The summed E-state index contributed by atoms with van der Waals surface area (Å²) in [6, 6.07) is 0.656. The lowest BCUT2D eigenvalue weighted by atomic mass is 10.5. The quantitative estimate of drug-likeness (QED) is 0.418. The van der Waals surface area contributed by atoms with E-state index in [0.717, 1.165) is 6.54 Å². The highest BCUT2D eigenvalue weighted by atomic mass is 16.6. The third-order valence-corrected chi connectivity index (χ3v) is 2.52. The molecule has 1 aliphatic carbocycles. The summed E-state index contributed by atoms with van der Waals surface area (Å²) in [5.74, 6) is 0.344. The number of nitrogens with zero attached hydrogens (tertiary/aromatic N) is 3. The van der Waals surface area contributed by atoms with Gasteiger partial charge in [0.1, 0.15) is 0 Å². The second kappa shape index (κ2) is 4.48. The Morgan fingerprint density at radius 3 is 3.00 bits per heavy atom. The molecule has 0 aromatic carbocycles. The zero-order valence-electron chi connectivity index (χ0n) is 9.14. The first-order chi connectivity index (χ1) is 7.68. The van der Waals surface area contributed by atoms with Crippen LogP contribution < -0.4 is 10.6 Å². The van der Waals surface area contributed by atoms with E-state index in [-0.39, 0.29) is 5.82 Å². The number of rotatable bonds is 6. The average Bonchev–Trinajstić information content (AvgIpc) is 2.98. The molecule has 0 radical (unpaired) electrons. The second-order valence-electron chi connectivity index (χ2n) is 3.94. The molecule has 0 spiro atoms. The molecular weight excluding hydrogens is 210 g/mol. The number of imidazole rings is 1. The minimum Gasteiger partial charge on any atom is -0.363 e. The van der Waals surface area contributed by atoms with E-state index in [1.807, 2.05) is 0 Å². The molecule has 2 N–H and O–H groups in total. The van der Waals surface area contributed by atoms with E-state index in [4.69, 9.17) is 0 Å². The first-order valence-electron chi connectivity index (χ1n) is 5.31. The van der Waals surface area contributed by atoms with E-state index in [1.54, 1.807) is 11.6 Å². The summed E-state index contributed by atoms with van der Waals surface area (Å²) in [6.07, 6.45) is 3.92. The highest BCUT2D eigenvalue weighted by Gasteiger charge is 2.21. The van der Waals surface area contributed by atoms with Crippen molar-refractivity contribution in [2.24, 2.45) is 7.05 Å². The Bertz CT molecular complexity index is 385. The molecule has 1 heterocycles. The van der Waals surface area contributed by atoms with Crippen molar-refractivity contribution in [3.63, 3.8) is 0 Å². The van der Waals surface area contributed by atoms with Crippen LogP contribution in [0.4, 0.5) is 11.6 Å². The lowest BCUT2D eigenvalue weighted by Gasteiger charge is -2.06. The molecule has 1 aliphatic rings. The summed E-state index contributed by atoms with van der Waals surface area (Å²) in [5.41, 5.74) is 0. The van der Waals surface area contributed by atoms with Crippen LogP contribution in [0.3, 0.4) is 0 Å². The molecule has 1 saturated carbocycles. The summed E-state index contributed by atoms with van der Waals surface area (Å²) in [7, 11) is 1.73. The summed E-state index contributed by atoms with van der Waals surface area (Å²) in [4.78, 5) is 13.9. The standard InChI is InChI=1S/C9H15N5O2/c1-13-6-12-9(14(15)16)8(13)11-5-4-10-7-2-3-7/h6-7,10-11H,2-5H2,1H3. The van der Waals surface area contributed by atoms with Crippen molar-refractivity contribution >= 4 is 11.6 Å². The zero-order valence-corrected chi connectivity index (χ0v) is 9.14. The number of nitrogens with one attached hydrogen (secondary N) is 2. The van der Waals surface area contributed by atoms with Crippen molar-refractivity contribution in [2.75, 3.05) is 18.4 Å². The molecule has 0 unspecified atom stereocenters. The van der Waals surface area contributed by atoms with Gasteiger partial charge in [-0.2, -0.15) is 0 Å². The van der Waals surface area contributed by atoms with Crippen LogP contribution in [0.1, 0.15) is 12.8 Å². The predicted octanol–water partition coefficient (Wildman–Crippen LogP) is 0.492. The molecule has 7 heteroatoms. The minimum absolute atomic E-state index is 0.117. The fourth-order valence-electron chi connectivity index (χ4n) is 1.50. The van der Waals surface area contributed by atoms with E-state index in [2.05, 4.69) is 15.6 Å².